The van der Waals surface area contributed by atoms with Gasteiger partial charge in [-0.15, -0.1) is 0 Å². The van der Waals surface area contributed by atoms with Crippen LogP contribution in [-0.4, -0.2) is 105 Å². The number of phosphoric acid groups is 2. The van der Waals surface area contributed by atoms with Crippen molar-refractivity contribution >= 4 is 38.5 Å². The van der Waals surface area contributed by atoms with E-state index < -0.39 is 82.7 Å². The number of nitrogens with zero attached hydrogens (tertiary/aromatic N) is 3. The van der Waals surface area contributed by atoms with Crippen LogP contribution in [0.15, 0.2) is 11.1 Å². The third-order valence-electron chi connectivity index (χ3n) is 5.54. The van der Waals surface area contributed by atoms with Crippen LogP contribution < -0.4 is 11.3 Å². The summed E-state index contributed by atoms with van der Waals surface area (Å²) < 4.78 is 49.0. The number of aliphatic hydroxyl groups excluding tert-OH is 4. The van der Waals surface area contributed by atoms with Crippen LogP contribution in [-0.2, 0) is 36.8 Å². The molecule has 22 heteroatoms. The molecule has 9 N–H and O–H groups in total. The van der Waals surface area contributed by atoms with Crippen LogP contribution in [0.5, 0.6) is 0 Å². The standard InChI is InChI=1S/C16H23N5O15P2/c1-4-7(22)9(24)11(26)15(33-4)35-38(30,31)36-37(28,29)32-2-5-8(23)10(25)14(34-5)21-3-18-6-12(21)19-16(17)20-13(6)27/h3-5,8-11,14-15,23-26H,2H2,1H3,(H,28,29)(H,30,31)(H3,17,19,20,27)/t4-,5+,8-,9+,10-,11+,14+,15+/m0/s1. The van der Waals surface area contributed by atoms with Crippen molar-refractivity contribution in [2.45, 2.75) is 56.1 Å². The number of rotatable bonds is 8. The lowest BCUT2D eigenvalue weighted by atomic mass is 10.0. The largest absolute Gasteiger partial charge is 0.483 e. The van der Waals surface area contributed by atoms with Crippen LogP contribution in [0.4, 0.5) is 5.95 Å². The number of aromatic amines is 1. The number of nitrogens with one attached hydrogen (secondary N) is 1. The molecule has 0 radical (unpaired) electrons. The SMILES string of the molecule is C[C@@H]1O[C@H](OP(=O)(O)OP(=O)(O)OC[C@H]2O[C@@H](n3cnc4c(=O)[nH]c(N)nc43)[C@@H](O)[C@H]2O)[C@H](O)[C@H](O)C1=O. The fourth-order valence-electron chi connectivity index (χ4n) is 3.69. The molecule has 0 spiro atoms. The summed E-state index contributed by atoms with van der Waals surface area (Å²) in [4.78, 5) is 53.2. The van der Waals surface area contributed by atoms with Crippen molar-refractivity contribution in [2.24, 2.45) is 0 Å². The van der Waals surface area contributed by atoms with Gasteiger partial charge in [0.25, 0.3) is 5.56 Å². The molecule has 0 bridgehead atoms. The molecule has 212 valence electrons. The molecule has 2 aromatic heterocycles. The van der Waals surface area contributed by atoms with Gasteiger partial charge in [-0.05, 0) is 6.92 Å². The molecule has 2 fully saturated rings. The van der Waals surface area contributed by atoms with Crippen LogP contribution in [0.2, 0.25) is 0 Å². The quantitative estimate of drug-likeness (QED) is 0.140. The molecule has 0 saturated carbocycles. The summed E-state index contributed by atoms with van der Waals surface area (Å²) >= 11 is 0. The van der Waals surface area contributed by atoms with Gasteiger partial charge >= 0.3 is 15.6 Å². The number of nitrogens with two attached hydrogens (primary N) is 1. The zero-order valence-corrected chi connectivity index (χ0v) is 20.9. The Labute approximate surface area is 210 Å². The van der Waals surface area contributed by atoms with Crippen molar-refractivity contribution in [1.82, 2.24) is 19.5 Å². The number of ketones is 1. The van der Waals surface area contributed by atoms with E-state index >= 15 is 0 Å². The predicted octanol–water partition coefficient (Wildman–Crippen LogP) is -3.39. The highest BCUT2D eigenvalue weighted by atomic mass is 31.3. The van der Waals surface area contributed by atoms with Crippen molar-refractivity contribution in [3.8, 4) is 0 Å². The van der Waals surface area contributed by atoms with Crippen LogP contribution >= 0.6 is 15.6 Å². The Morgan fingerprint density at radius 3 is 2.47 bits per heavy atom. The van der Waals surface area contributed by atoms with Gasteiger partial charge in [-0.2, -0.15) is 9.29 Å². The Bertz CT molecular complexity index is 1370. The number of phosphoric ester groups is 2. The highest BCUT2D eigenvalue weighted by Crippen LogP contribution is 2.61. The predicted molar refractivity (Wildman–Crippen MR) is 118 cm³/mol. The van der Waals surface area contributed by atoms with Gasteiger partial charge in [0.15, 0.2) is 29.5 Å². The highest BCUT2D eigenvalue weighted by Gasteiger charge is 2.49. The summed E-state index contributed by atoms with van der Waals surface area (Å²) in [6.45, 7) is 0.180. The van der Waals surface area contributed by atoms with E-state index in [2.05, 4.69) is 28.3 Å². The molecule has 2 unspecified atom stereocenters. The molecule has 2 aliphatic rings. The van der Waals surface area contributed by atoms with Crippen LogP contribution in [0.3, 0.4) is 0 Å². The first kappa shape index (κ1) is 28.8. The van der Waals surface area contributed by atoms with Gasteiger partial charge in [0.2, 0.25) is 5.95 Å². The minimum absolute atomic E-state index is 0.105. The average Bonchev–Trinajstić information content (AvgIpc) is 3.35. The van der Waals surface area contributed by atoms with Crippen molar-refractivity contribution < 1.29 is 67.0 Å². The highest BCUT2D eigenvalue weighted by molar-refractivity contribution is 7.61. The monoisotopic (exact) mass is 587 g/mol. The molecule has 10 atom stereocenters. The maximum absolute atomic E-state index is 12.3. The molecule has 2 aromatic rings. The molecule has 4 heterocycles. The van der Waals surface area contributed by atoms with E-state index in [1.54, 1.807) is 0 Å². The molecular formula is C16H23N5O15P2. The number of hydrogen-bond acceptors (Lipinski definition) is 16. The molecule has 4 rings (SSSR count). The smallest absolute Gasteiger partial charge is 0.387 e. The van der Waals surface area contributed by atoms with Gasteiger partial charge in [-0.25, -0.2) is 14.1 Å². The van der Waals surface area contributed by atoms with Crippen molar-refractivity contribution in [1.29, 1.82) is 0 Å². The lowest BCUT2D eigenvalue weighted by Gasteiger charge is -2.34. The Balaban J connectivity index is 1.40. The first-order valence-corrected chi connectivity index (χ1v) is 13.6. The van der Waals surface area contributed by atoms with E-state index in [0.29, 0.717) is 0 Å². The number of hydrogen-bond donors (Lipinski definition) is 8. The fraction of sp³-hybridized carbons (Fsp3) is 0.625. The van der Waals surface area contributed by atoms with Crippen LogP contribution in [0, 0.1) is 0 Å². The van der Waals surface area contributed by atoms with Crippen LogP contribution in [0.25, 0.3) is 11.2 Å². The zero-order valence-electron chi connectivity index (χ0n) is 19.1. The number of carbonyl (C=O) groups excluding carboxylic acids is 1. The maximum Gasteiger partial charge on any atom is 0.483 e. The van der Waals surface area contributed by atoms with E-state index in [0.717, 1.165) is 17.8 Å². The van der Waals surface area contributed by atoms with Crippen LogP contribution in [0.1, 0.15) is 13.2 Å². The molecule has 2 aliphatic heterocycles. The molecule has 2 saturated heterocycles. The van der Waals surface area contributed by atoms with Crippen molar-refractivity contribution in [2.75, 3.05) is 12.3 Å². The third kappa shape index (κ3) is 5.73. The number of Topliss-reactive ketones (excluding diaryl/α,β-unsaturated/α-hetero) is 1. The summed E-state index contributed by atoms with van der Waals surface area (Å²) in [7, 11) is -11.0. The van der Waals surface area contributed by atoms with E-state index in [4.69, 9.17) is 15.2 Å². The topological polar surface area (TPSA) is 308 Å². The van der Waals surface area contributed by atoms with Gasteiger partial charge in [-0.3, -0.25) is 28.2 Å². The maximum atomic E-state index is 12.3. The van der Waals surface area contributed by atoms with Crippen molar-refractivity contribution in [3.63, 3.8) is 0 Å². The first-order chi connectivity index (χ1) is 17.6. The molecule has 0 aromatic carbocycles. The number of aliphatic hydroxyl groups is 4. The van der Waals surface area contributed by atoms with Crippen molar-refractivity contribution in [3.05, 3.63) is 16.7 Å². The molecule has 0 aliphatic carbocycles. The molecule has 38 heavy (non-hydrogen) atoms. The Morgan fingerprint density at radius 2 is 1.79 bits per heavy atom. The lowest BCUT2D eigenvalue weighted by Crippen LogP contribution is -2.54. The number of fused-ring (bicyclic) bond motifs is 1. The zero-order chi connectivity index (χ0) is 28.2. The Morgan fingerprint density at radius 1 is 1.11 bits per heavy atom. The second-order valence-corrected chi connectivity index (χ2v) is 11.2. The van der Waals surface area contributed by atoms with Gasteiger partial charge in [0, 0.05) is 0 Å². The van der Waals surface area contributed by atoms with E-state index in [9.17, 15) is 48.9 Å². The number of nitrogen functional groups attached to an aromatic ring is 1. The average molecular weight is 587 g/mol. The van der Waals surface area contributed by atoms with Gasteiger partial charge in [0.05, 0.1) is 12.9 Å². The molecular weight excluding hydrogens is 564 g/mol. The third-order valence-corrected chi connectivity index (χ3v) is 8.14. The number of anilines is 1. The minimum atomic E-state index is -5.53. The second-order valence-electron chi connectivity index (χ2n) is 8.23. The number of ether oxygens (including phenoxy) is 2. The number of H-pyrrole nitrogens is 1. The molecule has 0 amide bonds. The van der Waals surface area contributed by atoms with Gasteiger partial charge in [-0.1, -0.05) is 0 Å². The van der Waals surface area contributed by atoms with E-state index in [-0.39, 0.29) is 17.1 Å². The molecule has 20 nitrogen and oxygen atoms in total. The van der Waals surface area contributed by atoms with E-state index in [1.165, 1.54) is 0 Å². The second kappa shape index (κ2) is 10.4. The number of aromatic nitrogens is 4. The number of imidazole rings is 1. The summed E-state index contributed by atoms with van der Waals surface area (Å²) in [5.74, 6) is -1.21. The summed E-state index contributed by atoms with van der Waals surface area (Å²) in [5, 5.41) is 40.2. The normalized spacial score (nSPS) is 35.3. The Hall–Kier alpha value is -2.16. The number of carbonyl (C=O) groups is 1. The Kier molecular flexibility index (Phi) is 7.92. The first-order valence-electron chi connectivity index (χ1n) is 10.6. The summed E-state index contributed by atoms with van der Waals surface area (Å²) in [6, 6.07) is 0. The minimum Gasteiger partial charge on any atom is -0.387 e. The lowest BCUT2D eigenvalue weighted by molar-refractivity contribution is -0.226. The summed E-state index contributed by atoms with van der Waals surface area (Å²) in [6.07, 6.45) is -12.9. The fourth-order valence-corrected chi connectivity index (χ4v) is 5.85. The van der Waals surface area contributed by atoms with Gasteiger partial charge < -0.3 is 45.4 Å². The van der Waals surface area contributed by atoms with E-state index in [1.807, 2.05) is 0 Å². The van der Waals surface area contributed by atoms with Gasteiger partial charge in [0.1, 0.15) is 36.6 Å². The summed E-state index contributed by atoms with van der Waals surface area (Å²) in [5.41, 5.74) is 4.57.